The molecule has 1 N–H and O–H groups in total. The van der Waals surface area contributed by atoms with E-state index in [0.29, 0.717) is 11.3 Å². The maximum Gasteiger partial charge on any atom is 0.282 e. The highest BCUT2D eigenvalue weighted by Crippen LogP contribution is 2.18. The number of aromatic nitrogens is 2. The van der Waals surface area contributed by atoms with Gasteiger partial charge < -0.3 is 0 Å². The molecule has 1 heterocycles. The fourth-order valence-corrected chi connectivity index (χ4v) is 2.04. The van der Waals surface area contributed by atoms with Crippen molar-refractivity contribution in [1.82, 2.24) is 10.2 Å². The lowest BCUT2D eigenvalue weighted by Crippen LogP contribution is -2.15. The van der Waals surface area contributed by atoms with Crippen molar-refractivity contribution in [2.24, 2.45) is 0 Å². The third-order valence-corrected chi connectivity index (χ3v) is 3.42. The number of nitrogens with one attached hydrogen (secondary N) is 1. The predicted molar refractivity (Wildman–Crippen MR) is 77.4 cm³/mol. The van der Waals surface area contributed by atoms with Crippen LogP contribution in [0.15, 0.2) is 33.5 Å². The van der Waals surface area contributed by atoms with Crippen molar-refractivity contribution < 1.29 is 0 Å². The van der Waals surface area contributed by atoms with Crippen molar-refractivity contribution in [2.45, 2.75) is 6.92 Å². The first-order valence-corrected chi connectivity index (χ1v) is 6.34. The van der Waals surface area contributed by atoms with E-state index in [9.17, 15) is 4.79 Å². The Morgan fingerprint density at radius 3 is 2.79 bits per heavy atom. The minimum atomic E-state index is -0.460. The monoisotopic (exact) mass is 315 g/mol. The molecule has 1 aromatic carbocycles. The van der Waals surface area contributed by atoms with E-state index in [4.69, 9.17) is 5.26 Å². The average molecular weight is 316 g/mol. The van der Waals surface area contributed by atoms with Gasteiger partial charge >= 0.3 is 0 Å². The summed E-state index contributed by atoms with van der Waals surface area (Å²) >= 11 is 3.45. The molecule has 0 saturated carbocycles. The number of hydrogen-bond donors (Lipinski definition) is 1. The first kappa shape index (κ1) is 13.2. The summed E-state index contributed by atoms with van der Waals surface area (Å²) in [5.74, 6) is 0. The van der Waals surface area contributed by atoms with E-state index in [1.807, 2.05) is 36.4 Å². The van der Waals surface area contributed by atoms with Gasteiger partial charge in [-0.3, -0.25) is 4.79 Å². The standard InChI is InChI=1S/C14H10BrN3O/c1-9-11(8-16)14(19)18-17-13(9)7-6-10-4-2-3-5-12(10)15/h2-7H,1H3,(H,18,19)/b7-6+. The summed E-state index contributed by atoms with van der Waals surface area (Å²) in [6.07, 6.45) is 3.64. The molecule has 94 valence electrons. The van der Waals surface area contributed by atoms with Crippen molar-refractivity contribution >= 4 is 28.1 Å². The Kier molecular flexibility index (Phi) is 3.93. The van der Waals surface area contributed by atoms with E-state index in [-0.39, 0.29) is 5.56 Å². The van der Waals surface area contributed by atoms with Gasteiger partial charge in [0.05, 0.1) is 5.69 Å². The number of aromatic amines is 1. The lowest BCUT2D eigenvalue weighted by Gasteiger charge is -2.01. The van der Waals surface area contributed by atoms with E-state index in [0.717, 1.165) is 10.0 Å². The molecule has 0 spiro atoms. The molecule has 0 saturated heterocycles. The minimum Gasteiger partial charge on any atom is -0.267 e. The Morgan fingerprint density at radius 2 is 2.11 bits per heavy atom. The van der Waals surface area contributed by atoms with Crippen molar-refractivity contribution in [3.63, 3.8) is 0 Å². The molecule has 0 bridgehead atoms. The molecule has 0 fully saturated rings. The maximum atomic E-state index is 11.4. The van der Waals surface area contributed by atoms with Crippen molar-refractivity contribution in [2.75, 3.05) is 0 Å². The van der Waals surface area contributed by atoms with Gasteiger partial charge in [-0.2, -0.15) is 10.4 Å². The van der Waals surface area contributed by atoms with Gasteiger partial charge in [0.15, 0.2) is 0 Å². The molecule has 0 aliphatic heterocycles. The summed E-state index contributed by atoms with van der Waals surface area (Å²) in [5.41, 5.74) is 1.79. The van der Waals surface area contributed by atoms with Crippen molar-refractivity contribution in [3.05, 3.63) is 61.5 Å². The molecule has 0 unspecified atom stereocenters. The van der Waals surface area contributed by atoms with Crippen LogP contribution in [-0.4, -0.2) is 10.2 Å². The summed E-state index contributed by atoms with van der Waals surface area (Å²) in [7, 11) is 0. The zero-order chi connectivity index (χ0) is 13.8. The molecule has 4 nitrogen and oxygen atoms in total. The van der Waals surface area contributed by atoms with E-state index in [1.165, 1.54) is 0 Å². The molecule has 2 rings (SSSR count). The predicted octanol–water partition coefficient (Wildman–Crippen LogP) is 2.88. The van der Waals surface area contributed by atoms with Gasteiger partial charge in [0.2, 0.25) is 0 Å². The zero-order valence-corrected chi connectivity index (χ0v) is 11.7. The number of halogens is 1. The van der Waals surface area contributed by atoms with Gasteiger partial charge in [-0.1, -0.05) is 40.2 Å². The molecule has 2 aromatic rings. The van der Waals surface area contributed by atoms with Gasteiger partial charge in [0.1, 0.15) is 11.6 Å². The second-order valence-electron chi connectivity index (χ2n) is 3.90. The number of nitrogens with zero attached hydrogens (tertiary/aromatic N) is 2. The van der Waals surface area contributed by atoms with Crippen molar-refractivity contribution in [3.8, 4) is 6.07 Å². The highest BCUT2D eigenvalue weighted by Gasteiger charge is 2.07. The number of benzene rings is 1. The molecule has 0 amide bonds. The minimum absolute atomic E-state index is 0.0989. The molecular formula is C14H10BrN3O. The summed E-state index contributed by atoms with van der Waals surface area (Å²) < 4.78 is 0.967. The average Bonchev–Trinajstić information content (AvgIpc) is 2.40. The first-order chi connectivity index (χ1) is 9.13. The Labute approximate surface area is 118 Å². The van der Waals surface area contributed by atoms with Crippen LogP contribution < -0.4 is 5.56 Å². The lowest BCUT2D eigenvalue weighted by molar-refractivity contribution is 0.952. The second-order valence-corrected chi connectivity index (χ2v) is 4.76. The summed E-state index contributed by atoms with van der Waals surface area (Å²) in [6, 6.07) is 9.63. The number of rotatable bonds is 2. The molecule has 19 heavy (non-hydrogen) atoms. The zero-order valence-electron chi connectivity index (χ0n) is 10.1. The Balaban J connectivity index is 2.43. The van der Waals surface area contributed by atoms with Crippen LogP contribution in [0.4, 0.5) is 0 Å². The SMILES string of the molecule is Cc1c(/C=C/c2ccccc2Br)n[nH]c(=O)c1C#N. The quantitative estimate of drug-likeness (QED) is 0.926. The highest BCUT2D eigenvalue weighted by molar-refractivity contribution is 9.10. The van der Waals surface area contributed by atoms with E-state index >= 15 is 0 Å². The summed E-state index contributed by atoms with van der Waals surface area (Å²) in [6.45, 7) is 1.71. The molecule has 1 aromatic heterocycles. The normalized spacial score (nSPS) is 10.6. The molecule has 0 radical (unpaired) electrons. The van der Waals surface area contributed by atoms with Crippen LogP contribution >= 0.6 is 15.9 Å². The van der Waals surface area contributed by atoms with E-state index in [2.05, 4.69) is 26.1 Å². The molecular weight excluding hydrogens is 306 g/mol. The fraction of sp³-hybridized carbons (Fsp3) is 0.0714. The van der Waals surface area contributed by atoms with Crippen molar-refractivity contribution in [1.29, 1.82) is 5.26 Å². The van der Waals surface area contributed by atoms with E-state index < -0.39 is 5.56 Å². The molecule has 0 atom stereocenters. The maximum absolute atomic E-state index is 11.4. The van der Waals surface area contributed by atoms with Crippen LogP contribution in [0.3, 0.4) is 0 Å². The van der Waals surface area contributed by atoms with Crippen LogP contribution in [-0.2, 0) is 0 Å². The van der Waals surface area contributed by atoms with Crippen LogP contribution in [0.25, 0.3) is 12.2 Å². The Hall–Kier alpha value is -2.19. The molecule has 0 aliphatic rings. The fourth-order valence-electron chi connectivity index (χ4n) is 1.62. The van der Waals surface area contributed by atoms with Crippen LogP contribution in [0.2, 0.25) is 0 Å². The number of H-pyrrole nitrogens is 1. The summed E-state index contributed by atoms with van der Waals surface area (Å²) in [5, 5.41) is 15.2. The Morgan fingerprint density at radius 1 is 1.37 bits per heavy atom. The van der Waals surface area contributed by atoms with E-state index in [1.54, 1.807) is 13.0 Å². The molecule has 5 heteroatoms. The van der Waals surface area contributed by atoms with Gasteiger partial charge in [-0.15, -0.1) is 0 Å². The first-order valence-electron chi connectivity index (χ1n) is 5.55. The van der Waals surface area contributed by atoms with Crippen LogP contribution in [0.1, 0.15) is 22.4 Å². The smallest absolute Gasteiger partial charge is 0.267 e. The summed E-state index contributed by atoms with van der Waals surface area (Å²) in [4.78, 5) is 11.4. The van der Waals surface area contributed by atoms with Gasteiger partial charge in [-0.25, -0.2) is 5.10 Å². The number of hydrogen-bond acceptors (Lipinski definition) is 3. The third kappa shape index (κ3) is 2.80. The second kappa shape index (κ2) is 5.63. The Bertz CT molecular complexity index is 741. The molecule has 0 aliphatic carbocycles. The van der Waals surface area contributed by atoms with Crippen LogP contribution in [0.5, 0.6) is 0 Å². The largest absolute Gasteiger partial charge is 0.282 e. The van der Waals surface area contributed by atoms with Crippen LogP contribution in [0, 0.1) is 18.3 Å². The van der Waals surface area contributed by atoms with Gasteiger partial charge in [-0.05, 0) is 30.2 Å². The third-order valence-electron chi connectivity index (χ3n) is 2.70. The highest BCUT2D eigenvalue weighted by atomic mass is 79.9. The number of nitriles is 1. The van der Waals surface area contributed by atoms with Gasteiger partial charge in [0, 0.05) is 4.47 Å². The topological polar surface area (TPSA) is 69.5 Å². The lowest BCUT2D eigenvalue weighted by atomic mass is 10.1. The van der Waals surface area contributed by atoms with Gasteiger partial charge in [0.25, 0.3) is 5.56 Å².